The lowest BCUT2D eigenvalue weighted by atomic mass is 10.1. The third kappa shape index (κ3) is 5.31. The van der Waals surface area contributed by atoms with Crippen LogP contribution in [-0.2, 0) is 4.79 Å². The summed E-state index contributed by atoms with van der Waals surface area (Å²) in [5, 5.41) is 0. The highest BCUT2D eigenvalue weighted by atomic mass is 16.5. The van der Waals surface area contributed by atoms with Gasteiger partial charge in [0.15, 0.2) is 6.61 Å². The lowest BCUT2D eigenvalue weighted by molar-refractivity contribution is -0.133. The molecule has 3 heterocycles. The molecule has 1 aromatic carbocycles. The van der Waals surface area contributed by atoms with Crippen LogP contribution in [0.3, 0.4) is 0 Å². The summed E-state index contributed by atoms with van der Waals surface area (Å²) < 4.78 is 5.83. The van der Waals surface area contributed by atoms with Gasteiger partial charge < -0.3 is 19.4 Å². The van der Waals surface area contributed by atoms with Crippen molar-refractivity contribution in [3.8, 4) is 5.75 Å². The van der Waals surface area contributed by atoms with E-state index >= 15 is 0 Å². The number of piperazine rings is 1. The fourth-order valence-electron chi connectivity index (χ4n) is 4.05. The minimum absolute atomic E-state index is 0.0133. The number of ether oxygens (including phenoxy) is 1. The maximum Gasteiger partial charge on any atom is 0.260 e. The van der Waals surface area contributed by atoms with E-state index in [-0.39, 0.29) is 18.4 Å². The number of amides is 2. The summed E-state index contributed by atoms with van der Waals surface area (Å²) in [5.74, 6) is 1.06. The molecule has 8 heteroatoms. The van der Waals surface area contributed by atoms with Gasteiger partial charge in [-0.1, -0.05) is 25.0 Å². The highest BCUT2D eigenvalue weighted by molar-refractivity contribution is 5.97. The van der Waals surface area contributed by atoms with Crippen LogP contribution in [-0.4, -0.2) is 77.5 Å². The number of para-hydroxylation sites is 1. The number of rotatable bonds is 5. The number of hydrogen-bond acceptors (Lipinski definition) is 6. The number of anilines is 1. The van der Waals surface area contributed by atoms with Gasteiger partial charge in [-0.3, -0.25) is 9.59 Å². The topological polar surface area (TPSA) is 78.9 Å². The Morgan fingerprint density at radius 2 is 1.48 bits per heavy atom. The SMILES string of the molecule is O=C(COc1ccccc1C(=O)N1CCN(c2ncccn2)CC1)N1CCCCCC1. The van der Waals surface area contributed by atoms with E-state index in [1.165, 1.54) is 12.8 Å². The Balaban J connectivity index is 1.35. The number of carbonyl (C=O) groups excluding carboxylic acids is 2. The fraction of sp³-hybridized carbons (Fsp3) is 0.478. The third-order valence-corrected chi connectivity index (χ3v) is 5.83. The molecule has 4 rings (SSSR count). The predicted octanol–water partition coefficient (Wildman–Crippen LogP) is 2.22. The van der Waals surface area contributed by atoms with Gasteiger partial charge in [-0.2, -0.15) is 0 Å². The normalized spacial score (nSPS) is 17.2. The standard InChI is InChI=1S/C23H29N5O3/c29-21(26-12-5-1-2-6-13-26)18-31-20-9-4-3-8-19(20)22(30)27-14-16-28(17-15-27)23-24-10-7-11-25-23/h3-4,7-11H,1-2,5-6,12-18H2. The van der Waals surface area contributed by atoms with Crippen LogP contribution in [0.1, 0.15) is 36.0 Å². The van der Waals surface area contributed by atoms with E-state index in [1.807, 2.05) is 21.9 Å². The van der Waals surface area contributed by atoms with Crippen molar-refractivity contribution in [2.45, 2.75) is 25.7 Å². The Bertz CT molecular complexity index is 876. The molecule has 164 valence electrons. The van der Waals surface area contributed by atoms with Crippen molar-refractivity contribution in [2.75, 3.05) is 50.8 Å². The summed E-state index contributed by atoms with van der Waals surface area (Å²) in [6, 6.07) is 8.97. The summed E-state index contributed by atoms with van der Waals surface area (Å²) in [7, 11) is 0. The lowest BCUT2D eigenvalue weighted by Crippen LogP contribution is -2.49. The number of benzene rings is 1. The molecule has 2 saturated heterocycles. The first-order chi connectivity index (χ1) is 15.2. The van der Waals surface area contributed by atoms with Crippen LogP contribution in [0.5, 0.6) is 5.75 Å². The van der Waals surface area contributed by atoms with Crippen LogP contribution in [0, 0.1) is 0 Å². The van der Waals surface area contributed by atoms with Gasteiger partial charge >= 0.3 is 0 Å². The molecule has 2 aliphatic rings. The molecule has 2 fully saturated rings. The number of aromatic nitrogens is 2. The Kier molecular flexibility index (Phi) is 6.96. The summed E-state index contributed by atoms with van der Waals surface area (Å²) in [6.45, 7) is 4.05. The molecular weight excluding hydrogens is 394 g/mol. The molecule has 31 heavy (non-hydrogen) atoms. The van der Waals surface area contributed by atoms with Crippen molar-refractivity contribution < 1.29 is 14.3 Å². The van der Waals surface area contributed by atoms with Crippen LogP contribution in [0.15, 0.2) is 42.7 Å². The first kappa shape index (κ1) is 21.1. The second kappa shape index (κ2) is 10.2. The van der Waals surface area contributed by atoms with Crippen LogP contribution in [0.2, 0.25) is 0 Å². The highest BCUT2D eigenvalue weighted by Gasteiger charge is 2.25. The minimum Gasteiger partial charge on any atom is -0.483 e. The Morgan fingerprint density at radius 1 is 0.806 bits per heavy atom. The molecule has 0 radical (unpaired) electrons. The molecular formula is C23H29N5O3. The second-order valence-corrected chi connectivity index (χ2v) is 7.91. The van der Waals surface area contributed by atoms with Gasteiger partial charge in [0.25, 0.3) is 11.8 Å². The molecule has 0 bridgehead atoms. The zero-order valence-corrected chi connectivity index (χ0v) is 17.8. The maximum absolute atomic E-state index is 13.2. The lowest BCUT2D eigenvalue weighted by Gasteiger charge is -2.34. The highest BCUT2D eigenvalue weighted by Crippen LogP contribution is 2.22. The molecule has 0 aliphatic carbocycles. The second-order valence-electron chi connectivity index (χ2n) is 7.91. The molecule has 0 spiro atoms. The van der Waals surface area contributed by atoms with Gasteiger partial charge in [0, 0.05) is 51.7 Å². The number of likely N-dealkylation sites (tertiary alicyclic amines) is 1. The Labute approximate surface area is 182 Å². The first-order valence-electron chi connectivity index (χ1n) is 11.0. The van der Waals surface area contributed by atoms with Crippen molar-refractivity contribution in [1.82, 2.24) is 19.8 Å². The Hall–Kier alpha value is -3.16. The van der Waals surface area contributed by atoms with Crippen LogP contribution >= 0.6 is 0 Å². The van der Waals surface area contributed by atoms with E-state index in [0.29, 0.717) is 43.4 Å². The van der Waals surface area contributed by atoms with Crippen molar-refractivity contribution >= 4 is 17.8 Å². The van der Waals surface area contributed by atoms with Gasteiger partial charge in [-0.25, -0.2) is 9.97 Å². The maximum atomic E-state index is 13.2. The van der Waals surface area contributed by atoms with Crippen molar-refractivity contribution in [2.24, 2.45) is 0 Å². The van der Waals surface area contributed by atoms with Crippen LogP contribution < -0.4 is 9.64 Å². The third-order valence-electron chi connectivity index (χ3n) is 5.83. The quantitative estimate of drug-likeness (QED) is 0.734. The van der Waals surface area contributed by atoms with Crippen molar-refractivity contribution in [3.05, 3.63) is 48.3 Å². The van der Waals surface area contributed by atoms with Gasteiger partial charge in [-0.15, -0.1) is 0 Å². The molecule has 0 atom stereocenters. The van der Waals surface area contributed by atoms with Gasteiger partial charge in [-0.05, 0) is 31.0 Å². The number of nitrogens with zero attached hydrogens (tertiary/aromatic N) is 5. The molecule has 0 unspecified atom stereocenters. The molecule has 1 aromatic heterocycles. The first-order valence-corrected chi connectivity index (χ1v) is 11.0. The molecule has 2 amide bonds. The summed E-state index contributed by atoms with van der Waals surface area (Å²) in [5.41, 5.74) is 0.496. The van der Waals surface area contributed by atoms with Gasteiger partial charge in [0.1, 0.15) is 5.75 Å². The van der Waals surface area contributed by atoms with E-state index in [2.05, 4.69) is 14.9 Å². The largest absolute Gasteiger partial charge is 0.483 e. The van der Waals surface area contributed by atoms with E-state index < -0.39 is 0 Å². The smallest absolute Gasteiger partial charge is 0.260 e. The summed E-state index contributed by atoms with van der Waals surface area (Å²) >= 11 is 0. The summed E-state index contributed by atoms with van der Waals surface area (Å²) in [6.07, 6.45) is 7.87. The molecule has 0 N–H and O–H groups in total. The van der Waals surface area contributed by atoms with E-state index in [1.54, 1.807) is 30.6 Å². The Morgan fingerprint density at radius 3 is 2.19 bits per heavy atom. The van der Waals surface area contributed by atoms with E-state index in [4.69, 9.17) is 4.74 Å². The van der Waals surface area contributed by atoms with Gasteiger partial charge in [0.05, 0.1) is 5.56 Å². The fourth-order valence-corrected chi connectivity index (χ4v) is 4.05. The minimum atomic E-state index is -0.0774. The number of hydrogen-bond donors (Lipinski definition) is 0. The monoisotopic (exact) mass is 423 g/mol. The molecule has 2 aromatic rings. The molecule has 8 nitrogen and oxygen atoms in total. The average molecular weight is 424 g/mol. The number of carbonyl (C=O) groups is 2. The summed E-state index contributed by atoms with van der Waals surface area (Å²) in [4.78, 5) is 40.1. The zero-order valence-electron chi connectivity index (χ0n) is 17.8. The van der Waals surface area contributed by atoms with Crippen LogP contribution in [0.25, 0.3) is 0 Å². The van der Waals surface area contributed by atoms with Crippen molar-refractivity contribution in [3.63, 3.8) is 0 Å². The van der Waals surface area contributed by atoms with Crippen LogP contribution in [0.4, 0.5) is 5.95 Å². The van der Waals surface area contributed by atoms with E-state index in [0.717, 1.165) is 25.9 Å². The molecule has 2 aliphatic heterocycles. The predicted molar refractivity (Wildman–Crippen MR) is 117 cm³/mol. The average Bonchev–Trinajstić information content (AvgIpc) is 3.13. The van der Waals surface area contributed by atoms with Crippen molar-refractivity contribution in [1.29, 1.82) is 0 Å². The molecule has 0 saturated carbocycles. The van der Waals surface area contributed by atoms with E-state index in [9.17, 15) is 9.59 Å². The zero-order chi connectivity index (χ0) is 21.5. The van der Waals surface area contributed by atoms with Gasteiger partial charge in [0.2, 0.25) is 5.95 Å².